The molecule has 0 radical (unpaired) electrons. The normalized spacial score (nSPS) is 22.0. The van der Waals surface area contributed by atoms with Gasteiger partial charge in [0, 0.05) is 25.2 Å². The molecule has 1 aliphatic rings. The monoisotopic (exact) mass is 256 g/mol. The van der Waals surface area contributed by atoms with Crippen molar-refractivity contribution in [1.29, 1.82) is 5.26 Å². The molecule has 0 spiro atoms. The smallest absolute Gasteiger partial charge is 0.0625 e. The molecule has 0 bridgehead atoms. The molecule has 1 aromatic rings. The van der Waals surface area contributed by atoms with Crippen LogP contribution in [0.5, 0.6) is 0 Å². The molecular formula is C17H24N2. The zero-order chi connectivity index (χ0) is 13.9. The quantitative estimate of drug-likeness (QED) is 0.817. The number of anilines is 1. The van der Waals surface area contributed by atoms with Gasteiger partial charge >= 0.3 is 0 Å². The zero-order valence-electron chi connectivity index (χ0n) is 12.3. The molecule has 0 amide bonds. The first-order valence-electron chi connectivity index (χ1n) is 7.27. The minimum absolute atomic E-state index is 0.287. The van der Waals surface area contributed by atoms with E-state index in [-0.39, 0.29) is 5.41 Å². The molecule has 0 saturated carbocycles. The standard InChI is InChI=1S/C17H24N2/c1-4-14-5-7-16(8-6-14)19-12-10-17(2,3)15(13-19)9-11-18/h5-8,15H,4,9-10,12-13H2,1-3H3. The molecule has 1 saturated heterocycles. The number of aryl methyl sites for hydroxylation is 1. The van der Waals surface area contributed by atoms with Crippen LogP contribution in [0.1, 0.15) is 39.2 Å². The van der Waals surface area contributed by atoms with Gasteiger partial charge in [0.25, 0.3) is 0 Å². The van der Waals surface area contributed by atoms with Crippen LogP contribution in [0, 0.1) is 22.7 Å². The van der Waals surface area contributed by atoms with Gasteiger partial charge in [-0.2, -0.15) is 5.26 Å². The van der Waals surface area contributed by atoms with Crippen molar-refractivity contribution in [3.05, 3.63) is 29.8 Å². The summed E-state index contributed by atoms with van der Waals surface area (Å²) in [7, 11) is 0. The molecule has 1 heterocycles. The summed E-state index contributed by atoms with van der Waals surface area (Å²) in [4.78, 5) is 2.44. The van der Waals surface area contributed by atoms with Crippen molar-refractivity contribution in [1.82, 2.24) is 0 Å². The third kappa shape index (κ3) is 3.10. The lowest BCUT2D eigenvalue weighted by Crippen LogP contribution is -2.44. The van der Waals surface area contributed by atoms with Gasteiger partial charge in [-0.3, -0.25) is 0 Å². The molecule has 2 rings (SSSR count). The minimum Gasteiger partial charge on any atom is -0.371 e. The number of rotatable bonds is 3. The van der Waals surface area contributed by atoms with E-state index in [1.807, 2.05) is 0 Å². The fourth-order valence-electron chi connectivity index (χ4n) is 2.86. The third-order valence-electron chi connectivity index (χ3n) is 4.62. The Morgan fingerprint density at radius 3 is 2.58 bits per heavy atom. The molecule has 0 N–H and O–H groups in total. The first-order valence-corrected chi connectivity index (χ1v) is 7.27. The summed E-state index contributed by atoms with van der Waals surface area (Å²) >= 11 is 0. The maximum absolute atomic E-state index is 9.01. The van der Waals surface area contributed by atoms with E-state index in [0.717, 1.165) is 25.9 Å². The molecule has 0 aromatic heterocycles. The molecule has 19 heavy (non-hydrogen) atoms. The fourth-order valence-corrected chi connectivity index (χ4v) is 2.86. The average Bonchev–Trinajstić information content (AvgIpc) is 2.41. The summed E-state index contributed by atoms with van der Waals surface area (Å²) in [5, 5.41) is 9.01. The second-order valence-electron chi connectivity index (χ2n) is 6.26. The van der Waals surface area contributed by atoms with E-state index in [4.69, 9.17) is 5.26 Å². The van der Waals surface area contributed by atoms with Crippen molar-refractivity contribution in [2.75, 3.05) is 18.0 Å². The highest BCUT2D eigenvalue weighted by Crippen LogP contribution is 2.38. The molecule has 1 atom stereocenters. The van der Waals surface area contributed by atoms with Crippen LogP contribution in [-0.2, 0) is 6.42 Å². The summed E-state index contributed by atoms with van der Waals surface area (Å²) in [6, 6.07) is 11.2. The van der Waals surface area contributed by atoms with Crippen molar-refractivity contribution in [2.45, 2.75) is 40.0 Å². The highest BCUT2D eigenvalue weighted by Gasteiger charge is 2.35. The maximum atomic E-state index is 9.01. The third-order valence-corrected chi connectivity index (χ3v) is 4.62. The maximum Gasteiger partial charge on any atom is 0.0625 e. The SMILES string of the molecule is CCc1ccc(N2CCC(C)(C)C(CC#N)C2)cc1. The van der Waals surface area contributed by atoms with E-state index in [0.29, 0.717) is 12.3 Å². The largest absolute Gasteiger partial charge is 0.371 e. The summed E-state index contributed by atoms with van der Waals surface area (Å²) in [5.41, 5.74) is 2.97. The molecule has 0 aliphatic carbocycles. The lowest BCUT2D eigenvalue weighted by molar-refractivity contribution is 0.174. The summed E-state index contributed by atoms with van der Waals surface area (Å²) in [6.07, 6.45) is 2.91. The molecule has 102 valence electrons. The molecule has 1 unspecified atom stereocenters. The predicted octanol–water partition coefficient (Wildman–Crippen LogP) is 4.02. The van der Waals surface area contributed by atoms with Crippen molar-refractivity contribution >= 4 is 5.69 Å². The van der Waals surface area contributed by atoms with E-state index in [9.17, 15) is 0 Å². The Hall–Kier alpha value is -1.49. The van der Waals surface area contributed by atoms with E-state index in [1.54, 1.807) is 0 Å². The van der Waals surface area contributed by atoms with Crippen LogP contribution >= 0.6 is 0 Å². The Labute approximate surface area is 117 Å². The Morgan fingerprint density at radius 2 is 2.00 bits per heavy atom. The lowest BCUT2D eigenvalue weighted by Gasteiger charge is -2.44. The van der Waals surface area contributed by atoms with Gasteiger partial charge in [-0.05, 0) is 41.9 Å². The topological polar surface area (TPSA) is 27.0 Å². The van der Waals surface area contributed by atoms with Gasteiger partial charge in [0.15, 0.2) is 0 Å². The highest BCUT2D eigenvalue weighted by molar-refractivity contribution is 5.48. The average molecular weight is 256 g/mol. The van der Waals surface area contributed by atoms with Crippen LogP contribution in [0.3, 0.4) is 0 Å². The van der Waals surface area contributed by atoms with E-state index in [1.165, 1.54) is 11.3 Å². The van der Waals surface area contributed by atoms with Crippen molar-refractivity contribution in [2.24, 2.45) is 11.3 Å². The van der Waals surface area contributed by atoms with Crippen LogP contribution in [0.25, 0.3) is 0 Å². The summed E-state index contributed by atoms with van der Waals surface area (Å²) in [6.45, 7) is 8.88. The second-order valence-corrected chi connectivity index (χ2v) is 6.26. The van der Waals surface area contributed by atoms with Crippen molar-refractivity contribution < 1.29 is 0 Å². The minimum atomic E-state index is 0.287. The molecular weight excluding hydrogens is 232 g/mol. The first-order chi connectivity index (χ1) is 9.06. The first kappa shape index (κ1) is 13.9. The van der Waals surface area contributed by atoms with Crippen molar-refractivity contribution in [3.63, 3.8) is 0 Å². The molecule has 2 nitrogen and oxygen atoms in total. The molecule has 1 aromatic carbocycles. The Morgan fingerprint density at radius 1 is 1.32 bits per heavy atom. The van der Waals surface area contributed by atoms with Gasteiger partial charge in [0.1, 0.15) is 0 Å². The van der Waals surface area contributed by atoms with Gasteiger partial charge in [-0.25, -0.2) is 0 Å². The van der Waals surface area contributed by atoms with Crippen molar-refractivity contribution in [3.8, 4) is 6.07 Å². The van der Waals surface area contributed by atoms with Gasteiger partial charge in [0.05, 0.1) is 6.07 Å². The van der Waals surface area contributed by atoms with Crippen LogP contribution in [0.15, 0.2) is 24.3 Å². The summed E-state index contributed by atoms with van der Waals surface area (Å²) < 4.78 is 0. The number of benzene rings is 1. The number of nitriles is 1. The van der Waals surface area contributed by atoms with Crippen LogP contribution in [0.2, 0.25) is 0 Å². The van der Waals surface area contributed by atoms with Gasteiger partial charge < -0.3 is 4.90 Å². The van der Waals surface area contributed by atoms with Crippen LogP contribution in [-0.4, -0.2) is 13.1 Å². The van der Waals surface area contributed by atoms with E-state index >= 15 is 0 Å². The zero-order valence-corrected chi connectivity index (χ0v) is 12.3. The fraction of sp³-hybridized carbons (Fsp3) is 0.588. The van der Waals surface area contributed by atoms with Gasteiger partial charge in [0.2, 0.25) is 0 Å². The van der Waals surface area contributed by atoms with E-state index < -0.39 is 0 Å². The number of hydrogen-bond donors (Lipinski definition) is 0. The highest BCUT2D eigenvalue weighted by atomic mass is 15.1. The Balaban J connectivity index is 2.11. The lowest BCUT2D eigenvalue weighted by atomic mass is 9.72. The van der Waals surface area contributed by atoms with Crippen LogP contribution < -0.4 is 4.90 Å². The molecule has 1 aliphatic heterocycles. The molecule has 2 heteroatoms. The Bertz CT molecular complexity index is 453. The van der Waals surface area contributed by atoms with Crippen LogP contribution in [0.4, 0.5) is 5.69 Å². The Kier molecular flexibility index (Phi) is 4.14. The number of nitrogens with zero attached hydrogens (tertiary/aromatic N) is 2. The van der Waals surface area contributed by atoms with E-state index in [2.05, 4.69) is 56.0 Å². The molecule has 1 fully saturated rings. The van der Waals surface area contributed by atoms with Gasteiger partial charge in [-0.1, -0.05) is 32.9 Å². The van der Waals surface area contributed by atoms with Gasteiger partial charge in [-0.15, -0.1) is 0 Å². The predicted molar refractivity (Wildman–Crippen MR) is 80.2 cm³/mol. The number of hydrogen-bond acceptors (Lipinski definition) is 2. The summed E-state index contributed by atoms with van der Waals surface area (Å²) in [5.74, 6) is 0.470. The second kappa shape index (κ2) is 5.65. The number of piperidine rings is 1.